The smallest absolute Gasteiger partial charge is 0.344 e. The molecule has 36 heavy (non-hydrogen) atoms. The van der Waals surface area contributed by atoms with E-state index in [-0.39, 0.29) is 18.5 Å². The average Bonchev–Trinajstić information content (AvgIpc) is 3.56. The van der Waals surface area contributed by atoms with Gasteiger partial charge in [-0.1, -0.05) is 79.2 Å². The highest BCUT2D eigenvalue weighted by Gasteiger charge is 2.33. The fraction of sp³-hybridized carbons (Fsp3) is 0.290. The zero-order valence-electron chi connectivity index (χ0n) is 20.6. The van der Waals surface area contributed by atoms with Crippen LogP contribution in [0.5, 0.6) is 5.75 Å². The summed E-state index contributed by atoms with van der Waals surface area (Å²) in [5.41, 5.74) is 4.19. The molecule has 184 valence electrons. The van der Waals surface area contributed by atoms with Crippen LogP contribution in [-0.2, 0) is 16.0 Å². The molecule has 0 radical (unpaired) electrons. The van der Waals surface area contributed by atoms with Crippen LogP contribution in [0.2, 0.25) is 0 Å². The van der Waals surface area contributed by atoms with Crippen molar-refractivity contribution in [2.45, 2.75) is 38.5 Å². The Morgan fingerprint density at radius 2 is 1.69 bits per heavy atom. The number of carbonyl (C=O) groups excluding carboxylic acids is 1. The van der Waals surface area contributed by atoms with Crippen molar-refractivity contribution in [2.75, 3.05) is 13.2 Å². The van der Waals surface area contributed by atoms with Gasteiger partial charge in [-0.25, -0.2) is 9.78 Å². The third kappa shape index (κ3) is 5.51. The molecule has 2 atom stereocenters. The minimum absolute atomic E-state index is 0.0792. The van der Waals surface area contributed by atoms with E-state index in [4.69, 9.17) is 18.9 Å². The van der Waals surface area contributed by atoms with Crippen molar-refractivity contribution in [3.8, 4) is 28.3 Å². The van der Waals surface area contributed by atoms with Crippen LogP contribution in [0.4, 0.5) is 0 Å². The van der Waals surface area contributed by atoms with E-state index in [1.165, 1.54) is 5.56 Å². The molecule has 0 N–H and O–H groups in total. The van der Waals surface area contributed by atoms with E-state index in [0.29, 0.717) is 18.3 Å². The maximum absolute atomic E-state index is 11.6. The van der Waals surface area contributed by atoms with Gasteiger partial charge in [-0.15, -0.1) is 0 Å². The highest BCUT2D eigenvalue weighted by Crippen LogP contribution is 2.44. The summed E-state index contributed by atoms with van der Waals surface area (Å²) < 4.78 is 17.1. The standard InChI is InChI=1S/C31H31NO4/c1-2-34-28(33)21-35-26-17-9-11-22(20-26)19-25-16-10-18-27(25)31-32-29(23-12-5-3-6-13-23)30(36-31)24-14-7-4-8-15-24/h3-9,11-15,17,20,25,27H,2,10,16,18-19,21H2,1H3. The lowest BCUT2D eigenvalue weighted by Gasteiger charge is -2.17. The number of hydrogen-bond acceptors (Lipinski definition) is 5. The van der Waals surface area contributed by atoms with E-state index in [9.17, 15) is 4.79 Å². The molecule has 2 unspecified atom stereocenters. The number of benzene rings is 3. The quantitative estimate of drug-likeness (QED) is 0.239. The molecule has 1 saturated carbocycles. The van der Waals surface area contributed by atoms with Crippen molar-refractivity contribution in [3.63, 3.8) is 0 Å². The van der Waals surface area contributed by atoms with Crippen LogP contribution in [0, 0.1) is 5.92 Å². The first-order valence-corrected chi connectivity index (χ1v) is 12.7. The number of esters is 1. The Labute approximate surface area is 212 Å². The second kappa shape index (κ2) is 11.3. The molecule has 4 aromatic rings. The molecule has 0 amide bonds. The monoisotopic (exact) mass is 481 g/mol. The summed E-state index contributed by atoms with van der Waals surface area (Å²) in [5.74, 6) is 2.67. The Morgan fingerprint density at radius 1 is 0.944 bits per heavy atom. The molecule has 5 rings (SSSR count). The van der Waals surface area contributed by atoms with Gasteiger partial charge in [0.1, 0.15) is 11.4 Å². The van der Waals surface area contributed by atoms with Gasteiger partial charge in [-0.2, -0.15) is 0 Å². The van der Waals surface area contributed by atoms with Gasteiger partial charge in [-0.3, -0.25) is 0 Å². The fourth-order valence-corrected chi connectivity index (χ4v) is 5.09. The fourth-order valence-electron chi connectivity index (χ4n) is 5.09. The van der Waals surface area contributed by atoms with E-state index in [1.807, 2.05) is 54.6 Å². The Kier molecular flexibility index (Phi) is 7.46. The number of hydrogen-bond donors (Lipinski definition) is 0. The molecule has 0 aliphatic heterocycles. The Morgan fingerprint density at radius 3 is 2.44 bits per heavy atom. The Balaban J connectivity index is 1.37. The van der Waals surface area contributed by atoms with Crippen LogP contribution >= 0.6 is 0 Å². The molecule has 1 aromatic heterocycles. The Bertz CT molecular complexity index is 1230. The highest BCUT2D eigenvalue weighted by atomic mass is 16.6. The minimum atomic E-state index is -0.355. The molecule has 5 nitrogen and oxygen atoms in total. The Hall–Kier alpha value is -3.86. The lowest BCUT2D eigenvalue weighted by Crippen LogP contribution is -2.14. The topological polar surface area (TPSA) is 61.6 Å². The van der Waals surface area contributed by atoms with Gasteiger partial charge in [0.05, 0.1) is 6.61 Å². The number of nitrogens with zero attached hydrogens (tertiary/aromatic N) is 1. The van der Waals surface area contributed by atoms with E-state index < -0.39 is 0 Å². The van der Waals surface area contributed by atoms with Crippen molar-refractivity contribution in [2.24, 2.45) is 5.92 Å². The molecule has 1 fully saturated rings. The lowest BCUT2D eigenvalue weighted by atomic mass is 9.89. The predicted molar refractivity (Wildman–Crippen MR) is 140 cm³/mol. The molecule has 5 heteroatoms. The third-order valence-corrected chi connectivity index (χ3v) is 6.76. The van der Waals surface area contributed by atoms with E-state index in [1.54, 1.807) is 6.92 Å². The maximum Gasteiger partial charge on any atom is 0.344 e. The van der Waals surface area contributed by atoms with Crippen LogP contribution in [-0.4, -0.2) is 24.2 Å². The number of rotatable bonds is 9. The van der Waals surface area contributed by atoms with Crippen molar-refractivity contribution in [1.82, 2.24) is 4.98 Å². The molecular weight excluding hydrogens is 450 g/mol. The van der Waals surface area contributed by atoms with Crippen LogP contribution in [0.15, 0.2) is 89.3 Å². The number of carbonyl (C=O) groups is 1. The van der Waals surface area contributed by atoms with E-state index in [0.717, 1.165) is 54.2 Å². The molecule has 1 aliphatic rings. The summed E-state index contributed by atoms with van der Waals surface area (Å²) in [6.45, 7) is 2.06. The maximum atomic E-state index is 11.6. The van der Waals surface area contributed by atoms with Crippen LogP contribution in [0.25, 0.3) is 22.6 Å². The normalized spacial score (nSPS) is 17.1. The number of ether oxygens (including phenoxy) is 2. The zero-order valence-corrected chi connectivity index (χ0v) is 20.6. The van der Waals surface area contributed by atoms with Gasteiger partial charge in [0.15, 0.2) is 18.3 Å². The summed E-state index contributed by atoms with van der Waals surface area (Å²) in [5, 5.41) is 0. The number of aromatic nitrogens is 1. The molecule has 0 bridgehead atoms. The van der Waals surface area contributed by atoms with Gasteiger partial charge in [-0.05, 0) is 49.8 Å². The van der Waals surface area contributed by atoms with Crippen LogP contribution in [0.3, 0.4) is 0 Å². The van der Waals surface area contributed by atoms with Crippen molar-refractivity contribution in [1.29, 1.82) is 0 Å². The van der Waals surface area contributed by atoms with E-state index in [2.05, 4.69) is 30.3 Å². The van der Waals surface area contributed by atoms with Gasteiger partial charge in [0.2, 0.25) is 0 Å². The predicted octanol–water partition coefficient (Wildman–Crippen LogP) is 7.08. The molecule has 0 saturated heterocycles. The average molecular weight is 482 g/mol. The van der Waals surface area contributed by atoms with Gasteiger partial charge < -0.3 is 13.9 Å². The molecule has 1 aliphatic carbocycles. The summed E-state index contributed by atoms with van der Waals surface area (Å²) in [6.07, 6.45) is 4.25. The number of oxazole rings is 1. The molecule has 3 aromatic carbocycles. The van der Waals surface area contributed by atoms with Gasteiger partial charge in [0.25, 0.3) is 0 Å². The summed E-state index contributed by atoms with van der Waals surface area (Å²) in [7, 11) is 0. The van der Waals surface area contributed by atoms with Crippen molar-refractivity contribution < 1.29 is 18.7 Å². The second-order valence-corrected chi connectivity index (χ2v) is 9.20. The third-order valence-electron chi connectivity index (χ3n) is 6.76. The lowest BCUT2D eigenvalue weighted by molar-refractivity contribution is -0.145. The molecule has 0 spiro atoms. The van der Waals surface area contributed by atoms with E-state index >= 15 is 0 Å². The first-order valence-electron chi connectivity index (χ1n) is 12.7. The summed E-state index contributed by atoms with van der Waals surface area (Å²) in [4.78, 5) is 16.7. The zero-order chi connectivity index (χ0) is 24.7. The summed E-state index contributed by atoms with van der Waals surface area (Å²) >= 11 is 0. The van der Waals surface area contributed by atoms with Gasteiger partial charge >= 0.3 is 5.97 Å². The van der Waals surface area contributed by atoms with Crippen molar-refractivity contribution in [3.05, 3.63) is 96.4 Å². The van der Waals surface area contributed by atoms with Crippen LogP contribution in [0.1, 0.15) is 43.6 Å². The molecular formula is C31H31NO4. The summed E-state index contributed by atoms with van der Waals surface area (Å²) in [6, 6.07) is 28.5. The second-order valence-electron chi connectivity index (χ2n) is 9.20. The SMILES string of the molecule is CCOC(=O)COc1cccc(CC2CCCC2c2nc(-c3ccccc3)c(-c3ccccc3)o2)c1. The van der Waals surface area contributed by atoms with Crippen molar-refractivity contribution >= 4 is 5.97 Å². The highest BCUT2D eigenvalue weighted by molar-refractivity contribution is 5.76. The van der Waals surface area contributed by atoms with Gasteiger partial charge in [0, 0.05) is 17.0 Å². The first kappa shape index (κ1) is 23.9. The first-order chi connectivity index (χ1) is 17.7. The molecule has 1 heterocycles. The minimum Gasteiger partial charge on any atom is -0.482 e. The largest absolute Gasteiger partial charge is 0.482 e. The van der Waals surface area contributed by atoms with Crippen LogP contribution < -0.4 is 4.74 Å².